The van der Waals surface area contributed by atoms with Gasteiger partial charge in [-0.2, -0.15) is 0 Å². The molecule has 0 radical (unpaired) electrons. The predicted molar refractivity (Wildman–Crippen MR) is 75.0 cm³/mol. The molecule has 3 nitrogen and oxygen atoms in total. The minimum atomic E-state index is -0.436. The fraction of sp³-hybridized carbons (Fsp3) is 0.600. The maximum atomic E-state index is 9.92. The molecule has 0 heterocycles. The molecule has 0 aliphatic heterocycles. The topological polar surface area (TPSA) is 32.7 Å². The second-order valence-corrected chi connectivity index (χ2v) is 4.34. The molecule has 0 aliphatic rings. The first kappa shape index (κ1) is 15.0. The summed E-state index contributed by atoms with van der Waals surface area (Å²) in [5, 5.41) is 9.92. The summed E-state index contributed by atoms with van der Waals surface area (Å²) >= 11 is 0. The molecule has 1 rings (SSSR count). The molecule has 0 aromatic heterocycles. The van der Waals surface area contributed by atoms with Crippen LogP contribution in [0.25, 0.3) is 0 Å². The Morgan fingerprint density at radius 3 is 2.44 bits per heavy atom. The van der Waals surface area contributed by atoms with Gasteiger partial charge >= 0.3 is 0 Å². The van der Waals surface area contributed by atoms with E-state index in [4.69, 9.17) is 4.74 Å². The zero-order chi connectivity index (χ0) is 13.4. The molecule has 3 heteroatoms. The van der Waals surface area contributed by atoms with Crippen LogP contribution in [-0.4, -0.2) is 36.2 Å². The molecule has 1 N–H and O–H groups in total. The molecule has 0 saturated carbocycles. The number of benzene rings is 1. The highest BCUT2D eigenvalue weighted by molar-refractivity contribution is 5.34. The summed E-state index contributed by atoms with van der Waals surface area (Å²) in [6.07, 6.45) is 0.269. The summed E-state index contributed by atoms with van der Waals surface area (Å²) < 4.78 is 5.79. The lowest BCUT2D eigenvalue weighted by Crippen LogP contribution is -2.28. The van der Waals surface area contributed by atoms with Crippen molar-refractivity contribution in [1.29, 1.82) is 0 Å². The van der Waals surface area contributed by atoms with Gasteiger partial charge in [0, 0.05) is 12.1 Å². The van der Waals surface area contributed by atoms with E-state index in [9.17, 15) is 5.11 Å². The first-order valence-electron chi connectivity index (χ1n) is 6.85. The Labute approximate surface area is 110 Å². The van der Waals surface area contributed by atoms with Gasteiger partial charge in [-0.25, -0.2) is 0 Å². The monoisotopic (exact) mass is 251 g/mol. The minimum absolute atomic E-state index is 0.436. The second-order valence-electron chi connectivity index (χ2n) is 4.34. The molecule has 1 aromatic rings. The molecule has 102 valence electrons. The normalized spacial score (nSPS) is 12.7. The number of likely N-dealkylation sites (N-methyl/N-ethyl adjacent to an activating group) is 1. The lowest BCUT2D eigenvalue weighted by atomic mass is 10.1. The van der Waals surface area contributed by atoms with E-state index >= 15 is 0 Å². The van der Waals surface area contributed by atoms with E-state index in [2.05, 4.69) is 18.7 Å². The highest BCUT2D eigenvalue weighted by Crippen LogP contribution is 2.26. The van der Waals surface area contributed by atoms with Crippen LogP contribution in [0.4, 0.5) is 0 Å². The first-order chi connectivity index (χ1) is 8.72. The van der Waals surface area contributed by atoms with E-state index in [0.29, 0.717) is 13.0 Å². The van der Waals surface area contributed by atoms with Crippen molar-refractivity contribution in [1.82, 2.24) is 4.90 Å². The van der Waals surface area contributed by atoms with Gasteiger partial charge in [-0.05, 0) is 25.6 Å². The second kappa shape index (κ2) is 8.11. The number of aliphatic hydroxyl groups is 1. The number of hydrogen-bond donors (Lipinski definition) is 1. The maximum absolute atomic E-state index is 9.92. The van der Waals surface area contributed by atoms with Crippen molar-refractivity contribution in [2.24, 2.45) is 0 Å². The summed E-state index contributed by atoms with van der Waals surface area (Å²) in [4.78, 5) is 2.32. The SMILES string of the molecule is CC[C@@H](O)c1ccccc1OCCN(CC)CC. The molecule has 1 atom stereocenters. The van der Waals surface area contributed by atoms with Crippen LogP contribution in [0.2, 0.25) is 0 Å². The van der Waals surface area contributed by atoms with Crippen molar-refractivity contribution in [3.63, 3.8) is 0 Å². The van der Waals surface area contributed by atoms with Crippen molar-refractivity contribution in [2.75, 3.05) is 26.2 Å². The number of nitrogens with zero attached hydrogens (tertiary/aromatic N) is 1. The summed E-state index contributed by atoms with van der Waals surface area (Å²) in [5.74, 6) is 0.805. The molecule has 0 amide bonds. The maximum Gasteiger partial charge on any atom is 0.125 e. The Morgan fingerprint density at radius 2 is 1.83 bits per heavy atom. The van der Waals surface area contributed by atoms with Crippen LogP contribution < -0.4 is 4.74 Å². The van der Waals surface area contributed by atoms with E-state index in [1.165, 1.54) is 0 Å². The Bertz CT molecular complexity index is 337. The van der Waals surface area contributed by atoms with Gasteiger partial charge in [0.15, 0.2) is 0 Å². The molecule has 0 spiro atoms. The largest absolute Gasteiger partial charge is 0.492 e. The molecule has 1 aromatic carbocycles. The Hall–Kier alpha value is -1.06. The van der Waals surface area contributed by atoms with Crippen LogP contribution in [-0.2, 0) is 0 Å². The third-order valence-electron chi connectivity index (χ3n) is 3.22. The minimum Gasteiger partial charge on any atom is -0.492 e. The van der Waals surface area contributed by atoms with E-state index in [1.807, 2.05) is 31.2 Å². The summed E-state index contributed by atoms with van der Waals surface area (Å²) in [6, 6.07) is 7.74. The lowest BCUT2D eigenvalue weighted by molar-refractivity contribution is 0.164. The van der Waals surface area contributed by atoms with E-state index in [0.717, 1.165) is 30.9 Å². The smallest absolute Gasteiger partial charge is 0.125 e. The fourth-order valence-corrected chi connectivity index (χ4v) is 1.93. The van der Waals surface area contributed by atoms with Gasteiger partial charge in [0.05, 0.1) is 6.10 Å². The Morgan fingerprint density at radius 1 is 1.17 bits per heavy atom. The first-order valence-corrected chi connectivity index (χ1v) is 6.85. The Balaban J connectivity index is 2.56. The number of rotatable bonds is 8. The van der Waals surface area contributed by atoms with Crippen molar-refractivity contribution >= 4 is 0 Å². The quantitative estimate of drug-likeness (QED) is 0.771. The van der Waals surface area contributed by atoms with Crippen molar-refractivity contribution < 1.29 is 9.84 Å². The van der Waals surface area contributed by atoms with Gasteiger partial charge in [-0.15, -0.1) is 0 Å². The highest BCUT2D eigenvalue weighted by atomic mass is 16.5. The number of ether oxygens (including phenoxy) is 1. The van der Waals surface area contributed by atoms with Crippen LogP contribution >= 0.6 is 0 Å². The average molecular weight is 251 g/mol. The third kappa shape index (κ3) is 4.31. The summed E-state index contributed by atoms with van der Waals surface area (Å²) in [5.41, 5.74) is 0.888. The van der Waals surface area contributed by atoms with Gasteiger partial charge in [0.1, 0.15) is 12.4 Å². The summed E-state index contributed by atoms with van der Waals surface area (Å²) in [6.45, 7) is 9.94. The van der Waals surface area contributed by atoms with Crippen LogP contribution in [0.3, 0.4) is 0 Å². The van der Waals surface area contributed by atoms with Gasteiger partial charge in [0.25, 0.3) is 0 Å². The highest BCUT2D eigenvalue weighted by Gasteiger charge is 2.11. The molecule has 0 bridgehead atoms. The third-order valence-corrected chi connectivity index (χ3v) is 3.22. The van der Waals surface area contributed by atoms with Crippen LogP contribution in [0.1, 0.15) is 38.9 Å². The zero-order valence-corrected chi connectivity index (χ0v) is 11.7. The van der Waals surface area contributed by atoms with Gasteiger partial charge in [0.2, 0.25) is 0 Å². The number of aliphatic hydroxyl groups excluding tert-OH is 1. The van der Waals surface area contributed by atoms with Crippen molar-refractivity contribution in [3.8, 4) is 5.75 Å². The number of hydrogen-bond acceptors (Lipinski definition) is 3. The molecular formula is C15H25NO2. The van der Waals surface area contributed by atoms with Crippen molar-refractivity contribution in [3.05, 3.63) is 29.8 Å². The average Bonchev–Trinajstić information content (AvgIpc) is 2.43. The molecule has 0 unspecified atom stereocenters. The van der Waals surface area contributed by atoms with Gasteiger partial charge < -0.3 is 14.7 Å². The Kier molecular flexibility index (Phi) is 6.76. The van der Waals surface area contributed by atoms with Gasteiger partial charge in [-0.1, -0.05) is 39.0 Å². The van der Waals surface area contributed by atoms with Crippen LogP contribution in [0.5, 0.6) is 5.75 Å². The molecular weight excluding hydrogens is 226 g/mol. The molecule has 0 fully saturated rings. The summed E-state index contributed by atoms with van der Waals surface area (Å²) in [7, 11) is 0. The zero-order valence-electron chi connectivity index (χ0n) is 11.7. The van der Waals surface area contributed by atoms with Crippen LogP contribution in [0.15, 0.2) is 24.3 Å². The van der Waals surface area contributed by atoms with E-state index < -0.39 is 6.10 Å². The van der Waals surface area contributed by atoms with Crippen molar-refractivity contribution in [2.45, 2.75) is 33.3 Å². The standard InChI is InChI=1S/C15H25NO2/c1-4-14(17)13-9-7-8-10-15(13)18-12-11-16(5-2)6-3/h7-10,14,17H,4-6,11-12H2,1-3H3/t14-/m1/s1. The molecule has 0 saturated heterocycles. The van der Waals surface area contributed by atoms with E-state index in [-0.39, 0.29) is 0 Å². The van der Waals surface area contributed by atoms with Crippen LogP contribution in [0, 0.1) is 0 Å². The molecule has 0 aliphatic carbocycles. The van der Waals surface area contributed by atoms with E-state index in [1.54, 1.807) is 0 Å². The number of para-hydroxylation sites is 1. The lowest BCUT2D eigenvalue weighted by Gasteiger charge is -2.19. The van der Waals surface area contributed by atoms with Gasteiger partial charge in [-0.3, -0.25) is 0 Å². The fourth-order valence-electron chi connectivity index (χ4n) is 1.93. The predicted octanol–water partition coefficient (Wildman–Crippen LogP) is 2.85. The molecule has 18 heavy (non-hydrogen) atoms.